The van der Waals surface area contributed by atoms with E-state index >= 15 is 0 Å². The highest BCUT2D eigenvalue weighted by Crippen LogP contribution is 2.16. The van der Waals surface area contributed by atoms with Crippen molar-refractivity contribution in [2.75, 3.05) is 25.2 Å². The zero-order valence-corrected chi connectivity index (χ0v) is 12.5. The summed E-state index contributed by atoms with van der Waals surface area (Å²) in [5.41, 5.74) is 2.80. The lowest BCUT2D eigenvalue weighted by Gasteiger charge is -2.12. The molecule has 0 radical (unpaired) electrons. The van der Waals surface area contributed by atoms with E-state index in [1.54, 1.807) is 0 Å². The average molecular weight is 284 g/mol. The van der Waals surface area contributed by atoms with Gasteiger partial charge in [-0.1, -0.05) is 17.7 Å². The van der Waals surface area contributed by atoms with E-state index in [1.165, 1.54) is 14.1 Å². The molecule has 1 amide bonds. The van der Waals surface area contributed by atoms with Gasteiger partial charge in [0, 0.05) is 26.2 Å². The first-order valence-corrected chi connectivity index (χ1v) is 7.60. The number of hydrogen-bond acceptors (Lipinski definition) is 3. The predicted molar refractivity (Wildman–Crippen MR) is 76.6 cm³/mol. The number of sulfonamides is 1. The minimum atomic E-state index is -3.33. The second-order valence-corrected chi connectivity index (χ2v) is 7.02. The molecule has 1 aromatic carbocycles. The Balaban J connectivity index is 2.62. The van der Waals surface area contributed by atoms with Gasteiger partial charge >= 0.3 is 0 Å². The number of nitrogens with zero attached hydrogens (tertiary/aromatic N) is 1. The van der Waals surface area contributed by atoms with Crippen LogP contribution in [0, 0.1) is 13.8 Å². The minimum absolute atomic E-state index is 0.0478. The fraction of sp³-hybridized carbons (Fsp3) is 0.462. The second kappa shape index (κ2) is 6.16. The third-order valence-electron chi connectivity index (χ3n) is 2.80. The molecule has 0 atom stereocenters. The highest BCUT2D eigenvalue weighted by atomic mass is 32.2. The highest BCUT2D eigenvalue weighted by molar-refractivity contribution is 7.89. The molecule has 0 aliphatic carbocycles. The molecular weight excluding hydrogens is 264 g/mol. The van der Waals surface area contributed by atoms with Gasteiger partial charge in [-0.2, -0.15) is 0 Å². The standard InChI is InChI=1S/C13H20N2O3S/c1-10-5-6-12(11(2)9-10)14-13(16)7-8-19(17,18)15(3)4/h5-6,9H,7-8H2,1-4H3,(H,14,16). The number of aryl methyl sites for hydroxylation is 2. The number of rotatable bonds is 5. The lowest BCUT2D eigenvalue weighted by atomic mass is 10.1. The van der Waals surface area contributed by atoms with Gasteiger partial charge in [-0.05, 0) is 25.5 Å². The summed E-state index contributed by atoms with van der Waals surface area (Å²) in [7, 11) is -0.418. The molecule has 106 valence electrons. The van der Waals surface area contributed by atoms with Crippen molar-refractivity contribution in [1.82, 2.24) is 4.31 Å². The van der Waals surface area contributed by atoms with Crippen LogP contribution in [-0.4, -0.2) is 38.5 Å². The molecule has 0 saturated heterocycles. The molecule has 6 heteroatoms. The fourth-order valence-electron chi connectivity index (χ4n) is 1.57. The normalized spacial score (nSPS) is 11.6. The van der Waals surface area contributed by atoms with E-state index in [0.717, 1.165) is 21.1 Å². The maximum atomic E-state index is 11.7. The van der Waals surface area contributed by atoms with Crippen molar-refractivity contribution < 1.29 is 13.2 Å². The maximum absolute atomic E-state index is 11.7. The van der Waals surface area contributed by atoms with E-state index in [9.17, 15) is 13.2 Å². The van der Waals surface area contributed by atoms with Gasteiger partial charge in [0.05, 0.1) is 5.75 Å². The Bertz CT molecular complexity index is 565. The molecule has 0 fully saturated rings. The number of benzene rings is 1. The Labute approximate surface area is 114 Å². The first kappa shape index (κ1) is 15.7. The summed E-state index contributed by atoms with van der Waals surface area (Å²) in [5.74, 6) is -0.478. The van der Waals surface area contributed by atoms with Gasteiger partial charge in [-0.15, -0.1) is 0 Å². The van der Waals surface area contributed by atoms with Crippen molar-refractivity contribution in [1.29, 1.82) is 0 Å². The number of amides is 1. The molecule has 5 nitrogen and oxygen atoms in total. The van der Waals surface area contributed by atoms with E-state index in [4.69, 9.17) is 0 Å². The summed E-state index contributed by atoms with van der Waals surface area (Å²) in [6.07, 6.45) is -0.0478. The summed E-state index contributed by atoms with van der Waals surface area (Å²) < 4.78 is 24.2. The minimum Gasteiger partial charge on any atom is -0.326 e. The predicted octanol–water partition coefficient (Wildman–Crippen LogP) is 1.52. The Morgan fingerprint density at radius 2 is 1.89 bits per heavy atom. The van der Waals surface area contributed by atoms with Gasteiger partial charge in [0.25, 0.3) is 0 Å². The van der Waals surface area contributed by atoms with Crippen molar-refractivity contribution in [3.8, 4) is 0 Å². The van der Waals surface area contributed by atoms with Gasteiger partial charge in [-0.25, -0.2) is 12.7 Å². The van der Waals surface area contributed by atoms with Gasteiger partial charge < -0.3 is 5.32 Å². The third kappa shape index (κ3) is 4.65. The number of carbonyl (C=O) groups is 1. The van der Waals surface area contributed by atoms with E-state index in [2.05, 4.69) is 5.32 Å². The topological polar surface area (TPSA) is 66.5 Å². The van der Waals surface area contributed by atoms with Crippen LogP contribution >= 0.6 is 0 Å². The van der Waals surface area contributed by atoms with Gasteiger partial charge in [0.2, 0.25) is 15.9 Å². The van der Waals surface area contributed by atoms with Crippen molar-refractivity contribution in [3.05, 3.63) is 29.3 Å². The van der Waals surface area contributed by atoms with Crippen molar-refractivity contribution >= 4 is 21.6 Å². The quantitative estimate of drug-likeness (QED) is 0.891. The van der Waals surface area contributed by atoms with E-state index in [-0.39, 0.29) is 18.1 Å². The molecule has 1 N–H and O–H groups in total. The Morgan fingerprint density at radius 1 is 1.26 bits per heavy atom. The van der Waals surface area contributed by atoms with Crippen LogP contribution in [0.1, 0.15) is 17.5 Å². The molecule has 0 unspecified atom stereocenters. The van der Waals surface area contributed by atoms with Crippen LogP contribution in [0.15, 0.2) is 18.2 Å². The summed E-state index contributed by atoms with van der Waals surface area (Å²) in [6.45, 7) is 3.88. The molecular formula is C13H20N2O3S. The Hall–Kier alpha value is -1.40. The Kier molecular flexibility index (Phi) is 5.08. The smallest absolute Gasteiger partial charge is 0.225 e. The summed E-state index contributed by atoms with van der Waals surface area (Å²) in [5, 5.41) is 2.73. The molecule has 0 heterocycles. The van der Waals surface area contributed by atoms with Crippen molar-refractivity contribution in [3.63, 3.8) is 0 Å². The molecule has 0 aliphatic rings. The maximum Gasteiger partial charge on any atom is 0.225 e. The third-order valence-corrected chi connectivity index (χ3v) is 4.63. The van der Waals surface area contributed by atoms with E-state index in [0.29, 0.717) is 0 Å². The van der Waals surface area contributed by atoms with Crippen LogP contribution in [0.25, 0.3) is 0 Å². The molecule has 19 heavy (non-hydrogen) atoms. The number of hydrogen-bond donors (Lipinski definition) is 1. The first-order valence-electron chi connectivity index (χ1n) is 5.99. The Morgan fingerprint density at radius 3 is 2.42 bits per heavy atom. The van der Waals surface area contributed by atoms with Crippen LogP contribution in [0.2, 0.25) is 0 Å². The monoisotopic (exact) mass is 284 g/mol. The molecule has 0 bridgehead atoms. The summed E-state index contributed by atoms with van der Waals surface area (Å²) in [6, 6.07) is 5.69. The summed E-state index contributed by atoms with van der Waals surface area (Å²) in [4.78, 5) is 11.7. The number of carbonyl (C=O) groups excluding carboxylic acids is 1. The van der Waals surface area contributed by atoms with Crippen LogP contribution < -0.4 is 5.32 Å². The van der Waals surface area contributed by atoms with E-state index in [1.807, 2.05) is 32.0 Å². The van der Waals surface area contributed by atoms with Gasteiger partial charge in [-0.3, -0.25) is 4.79 Å². The largest absolute Gasteiger partial charge is 0.326 e. The summed E-state index contributed by atoms with van der Waals surface area (Å²) >= 11 is 0. The molecule has 0 aromatic heterocycles. The molecule has 0 aliphatic heterocycles. The fourth-order valence-corrected chi connectivity index (χ4v) is 2.38. The zero-order valence-electron chi connectivity index (χ0n) is 11.7. The zero-order chi connectivity index (χ0) is 14.6. The molecule has 0 saturated carbocycles. The molecule has 1 rings (SSSR count). The number of nitrogens with one attached hydrogen (secondary N) is 1. The lowest BCUT2D eigenvalue weighted by molar-refractivity contribution is -0.115. The van der Waals surface area contributed by atoms with Crippen LogP contribution in [0.4, 0.5) is 5.69 Å². The van der Waals surface area contributed by atoms with Gasteiger partial charge in [0.15, 0.2) is 0 Å². The first-order chi connectivity index (χ1) is 8.72. The van der Waals surface area contributed by atoms with Gasteiger partial charge in [0.1, 0.15) is 0 Å². The van der Waals surface area contributed by atoms with Crippen molar-refractivity contribution in [2.45, 2.75) is 20.3 Å². The van der Waals surface area contributed by atoms with Crippen LogP contribution in [0.3, 0.4) is 0 Å². The molecule has 1 aromatic rings. The average Bonchev–Trinajstić information content (AvgIpc) is 2.30. The second-order valence-electron chi connectivity index (χ2n) is 4.71. The molecule has 0 spiro atoms. The van der Waals surface area contributed by atoms with Crippen LogP contribution in [-0.2, 0) is 14.8 Å². The van der Waals surface area contributed by atoms with Crippen molar-refractivity contribution in [2.24, 2.45) is 0 Å². The SMILES string of the molecule is Cc1ccc(NC(=O)CCS(=O)(=O)N(C)C)c(C)c1. The van der Waals surface area contributed by atoms with E-state index < -0.39 is 10.0 Å². The number of anilines is 1. The van der Waals surface area contributed by atoms with Crippen LogP contribution in [0.5, 0.6) is 0 Å². The lowest BCUT2D eigenvalue weighted by Crippen LogP contribution is -2.27. The highest BCUT2D eigenvalue weighted by Gasteiger charge is 2.16.